The van der Waals surface area contributed by atoms with E-state index in [0.717, 1.165) is 16.4 Å². The summed E-state index contributed by atoms with van der Waals surface area (Å²) in [6.45, 7) is 0. The number of rotatable bonds is 0. The van der Waals surface area contributed by atoms with E-state index in [0.29, 0.717) is 0 Å². The predicted octanol–water partition coefficient (Wildman–Crippen LogP) is 6.24. The molecule has 0 aliphatic carbocycles. The van der Waals surface area contributed by atoms with Crippen LogP contribution in [0.15, 0.2) is 85.2 Å². The molecular formula is C24H14N2. The maximum Gasteiger partial charge on any atom is 0.0808 e. The largest absolute Gasteiger partial charge is 0.256 e. The smallest absolute Gasteiger partial charge is 0.0808 e. The molecule has 0 saturated heterocycles. The van der Waals surface area contributed by atoms with Gasteiger partial charge in [0.1, 0.15) is 0 Å². The molecule has 0 saturated carbocycles. The van der Waals surface area contributed by atoms with Crippen molar-refractivity contribution in [2.24, 2.45) is 0 Å². The van der Waals surface area contributed by atoms with Crippen molar-refractivity contribution in [3.8, 4) is 0 Å². The van der Waals surface area contributed by atoms with Crippen molar-refractivity contribution in [2.45, 2.75) is 0 Å². The molecule has 2 nitrogen and oxygen atoms in total. The molecule has 2 heteroatoms. The summed E-state index contributed by atoms with van der Waals surface area (Å²) in [6, 6.07) is 25.6. The summed E-state index contributed by atoms with van der Waals surface area (Å²) in [6.07, 6.45) is 3.75. The van der Waals surface area contributed by atoms with Crippen LogP contribution in [-0.2, 0) is 0 Å². The SMILES string of the molecule is c1ccc2c(c1)c1cccnc1c1c3ncccc3c3ccccc3c21. The Labute approximate surface area is 149 Å². The number of nitrogens with zero attached hydrogens (tertiary/aromatic N) is 2. The average molecular weight is 330 g/mol. The second kappa shape index (κ2) is 4.99. The van der Waals surface area contributed by atoms with Gasteiger partial charge in [-0.15, -0.1) is 0 Å². The lowest BCUT2D eigenvalue weighted by Crippen LogP contribution is -1.90. The quantitative estimate of drug-likeness (QED) is 0.308. The van der Waals surface area contributed by atoms with E-state index in [1.54, 1.807) is 0 Å². The first-order valence-electron chi connectivity index (χ1n) is 8.78. The van der Waals surface area contributed by atoms with E-state index in [9.17, 15) is 0 Å². The molecule has 0 amide bonds. The minimum atomic E-state index is 1.02. The summed E-state index contributed by atoms with van der Waals surface area (Å²) in [7, 11) is 0. The zero-order valence-corrected chi connectivity index (χ0v) is 14.0. The standard InChI is InChI=1S/C24H14N2/c1-3-9-17-15(7-1)19-11-5-13-25-23(19)22-21(17)18-10-4-2-8-16(18)20-12-6-14-26-24(20)22/h1-14H. The minimum absolute atomic E-state index is 1.02. The Morgan fingerprint density at radius 3 is 1.31 bits per heavy atom. The molecule has 26 heavy (non-hydrogen) atoms. The lowest BCUT2D eigenvalue weighted by molar-refractivity contribution is 1.41. The van der Waals surface area contributed by atoms with Crippen LogP contribution in [0.4, 0.5) is 0 Å². The lowest BCUT2D eigenvalue weighted by Gasteiger charge is -2.14. The van der Waals surface area contributed by atoms with E-state index < -0.39 is 0 Å². The van der Waals surface area contributed by atoms with E-state index >= 15 is 0 Å². The first-order chi connectivity index (χ1) is 12.9. The first-order valence-corrected chi connectivity index (χ1v) is 8.78. The van der Waals surface area contributed by atoms with Gasteiger partial charge in [0.15, 0.2) is 0 Å². The molecule has 0 aliphatic heterocycles. The first kappa shape index (κ1) is 13.7. The summed E-state index contributed by atoms with van der Waals surface area (Å²) < 4.78 is 0. The molecule has 0 bridgehead atoms. The molecule has 2 heterocycles. The Morgan fingerprint density at radius 1 is 0.385 bits per heavy atom. The molecule has 2 aromatic heterocycles. The molecule has 0 fully saturated rings. The van der Waals surface area contributed by atoms with Crippen LogP contribution in [0.2, 0.25) is 0 Å². The zero-order chi connectivity index (χ0) is 17.1. The van der Waals surface area contributed by atoms with Crippen LogP contribution in [0.3, 0.4) is 0 Å². The van der Waals surface area contributed by atoms with Gasteiger partial charge < -0.3 is 0 Å². The normalized spacial score (nSPS) is 11.8. The van der Waals surface area contributed by atoms with Gasteiger partial charge in [-0.3, -0.25) is 9.97 Å². The van der Waals surface area contributed by atoms with Gasteiger partial charge in [-0.05, 0) is 33.7 Å². The second-order valence-corrected chi connectivity index (χ2v) is 6.64. The van der Waals surface area contributed by atoms with Gasteiger partial charge >= 0.3 is 0 Å². The molecule has 6 aromatic rings. The monoisotopic (exact) mass is 330 g/mol. The molecule has 120 valence electrons. The predicted molar refractivity (Wildman–Crippen MR) is 110 cm³/mol. The highest BCUT2D eigenvalue weighted by Gasteiger charge is 2.16. The molecule has 6 rings (SSSR count). The van der Waals surface area contributed by atoms with E-state index in [4.69, 9.17) is 9.97 Å². The van der Waals surface area contributed by atoms with Gasteiger partial charge in [-0.1, -0.05) is 60.7 Å². The summed E-state index contributed by atoms with van der Waals surface area (Å²) in [4.78, 5) is 9.55. The summed E-state index contributed by atoms with van der Waals surface area (Å²) in [5.41, 5.74) is 2.05. The average Bonchev–Trinajstić information content (AvgIpc) is 2.73. The van der Waals surface area contributed by atoms with Crippen LogP contribution >= 0.6 is 0 Å². The van der Waals surface area contributed by atoms with E-state index in [2.05, 4.69) is 60.7 Å². The molecule has 0 radical (unpaired) electrons. The number of benzene rings is 4. The Bertz CT molecular complexity index is 1260. The molecule has 4 aromatic carbocycles. The van der Waals surface area contributed by atoms with Crippen molar-refractivity contribution in [3.05, 3.63) is 85.2 Å². The van der Waals surface area contributed by atoms with Crippen molar-refractivity contribution in [1.82, 2.24) is 9.97 Å². The molecule has 0 aliphatic rings. The van der Waals surface area contributed by atoms with Crippen molar-refractivity contribution in [2.75, 3.05) is 0 Å². The summed E-state index contributed by atoms with van der Waals surface area (Å²) >= 11 is 0. The van der Waals surface area contributed by atoms with Gasteiger partial charge in [0.25, 0.3) is 0 Å². The third kappa shape index (κ3) is 1.66. The third-order valence-corrected chi connectivity index (χ3v) is 5.31. The van der Waals surface area contributed by atoms with Crippen LogP contribution in [0.5, 0.6) is 0 Å². The van der Waals surface area contributed by atoms with E-state index in [1.807, 2.05) is 24.5 Å². The number of pyridine rings is 2. The molecule has 0 atom stereocenters. The van der Waals surface area contributed by atoms with Crippen molar-refractivity contribution < 1.29 is 0 Å². The van der Waals surface area contributed by atoms with Crippen LogP contribution in [0.1, 0.15) is 0 Å². The third-order valence-electron chi connectivity index (χ3n) is 5.31. The molecule has 0 N–H and O–H groups in total. The van der Waals surface area contributed by atoms with Crippen molar-refractivity contribution in [3.63, 3.8) is 0 Å². The molecule has 0 spiro atoms. The minimum Gasteiger partial charge on any atom is -0.256 e. The van der Waals surface area contributed by atoms with E-state index in [1.165, 1.54) is 37.7 Å². The zero-order valence-electron chi connectivity index (χ0n) is 14.0. The van der Waals surface area contributed by atoms with Gasteiger partial charge in [0.05, 0.1) is 11.0 Å². The van der Waals surface area contributed by atoms with Crippen LogP contribution < -0.4 is 0 Å². The highest BCUT2D eigenvalue weighted by Crippen LogP contribution is 2.42. The van der Waals surface area contributed by atoms with Gasteiger partial charge in [-0.2, -0.15) is 0 Å². The summed E-state index contributed by atoms with van der Waals surface area (Å²) in [5, 5.41) is 9.74. The highest BCUT2D eigenvalue weighted by molar-refractivity contribution is 6.38. The second-order valence-electron chi connectivity index (χ2n) is 6.64. The van der Waals surface area contributed by atoms with Gasteiger partial charge in [0, 0.05) is 33.9 Å². The molecule has 0 unspecified atom stereocenters. The number of hydrogen-bond donors (Lipinski definition) is 0. The Morgan fingerprint density at radius 2 is 0.808 bits per heavy atom. The topological polar surface area (TPSA) is 25.8 Å². The number of hydrogen-bond acceptors (Lipinski definition) is 2. The summed E-state index contributed by atoms with van der Waals surface area (Å²) in [5.74, 6) is 0. The maximum absolute atomic E-state index is 4.78. The van der Waals surface area contributed by atoms with Crippen LogP contribution in [0.25, 0.3) is 54.1 Å². The van der Waals surface area contributed by atoms with Crippen molar-refractivity contribution in [1.29, 1.82) is 0 Å². The van der Waals surface area contributed by atoms with Crippen molar-refractivity contribution >= 4 is 54.1 Å². The van der Waals surface area contributed by atoms with Gasteiger partial charge in [0.2, 0.25) is 0 Å². The van der Waals surface area contributed by atoms with E-state index in [-0.39, 0.29) is 0 Å². The van der Waals surface area contributed by atoms with Gasteiger partial charge in [-0.25, -0.2) is 0 Å². The Balaban J connectivity index is 2.14. The Kier molecular flexibility index (Phi) is 2.64. The lowest BCUT2D eigenvalue weighted by atomic mass is 9.91. The number of aromatic nitrogens is 2. The maximum atomic E-state index is 4.78. The van der Waals surface area contributed by atoms with Crippen LogP contribution in [0, 0.1) is 0 Å². The van der Waals surface area contributed by atoms with Crippen LogP contribution in [-0.4, -0.2) is 9.97 Å². The fourth-order valence-corrected chi connectivity index (χ4v) is 4.28. The highest BCUT2D eigenvalue weighted by atomic mass is 14.7. The number of fused-ring (bicyclic) bond motifs is 11. The molecular weight excluding hydrogens is 316 g/mol. The Hall–Kier alpha value is -3.52. The fraction of sp³-hybridized carbons (Fsp3) is 0. The fourth-order valence-electron chi connectivity index (χ4n) is 4.28.